The number of rotatable bonds is 5. The Labute approximate surface area is 135 Å². The fraction of sp³-hybridized carbons (Fsp3) is 0.375. The van der Waals surface area contributed by atoms with E-state index in [9.17, 15) is 0 Å². The zero-order valence-electron chi connectivity index (χ0n) is 12.6. The molecular formula is C16H19ClN4O. The van der Waals surface area contributed by atoms with Gasteiger partial charge in [0.25, 0.3) is 0 Å². The summed E-state index contributed by atoms with van der Waals surface area (Å²) in [6.45, 7) is 2.68. The fourth-order valence-electron chi connectivity index (χ4n) is 2.64. The van der Waals surface area contributed by atoms with Gasteiger partial charge in [-0.15, -0.1) is 0 Å². The highest BCUT2D eigenvalue weighted by molar-refractivity contribution is 6.31. The van der Waals surface area contributed by atoms with Crippen molar-refractivity contribution in [2.45, 2.75) is 19.4 Å². The maximum absolute atomic E-state index is 6.25. The zero-order chi connectivity index (χ0) is 15.4. The van der Waals surface area contributed by atoms with E-state index in [4.69, 9.17) is 16.3 Å². The van der Waals surface area contributed by atoms with E-state index < -0.39 is 0 Å². The van der Waals surface area contributed by atoms with Gasteiger partial charge in [0.15, 0.2) is 0 Å². The third kappa shape index (κ3) is 3.25. The molecule has 0 bridgehead atoms. The lowest BCUT2D eigenvalue weighted by molar-refractivity contribution is 0.410. The van der Waals surface area contributed by atoms with Crippen molar-refractivity contribution < 1.29 is 4.74 Å². The number of aromatic nitrogens is 2. The maximum Gasteiger partial charge on any atom is 0.134 e. The quantitative estimate of drug-likeness (QED) is 0.916. The zero-order valence-corrected chi connectivity index (χ0v) is 13.3. The predicted molar refractivity (Wildman–Crippen MR) is 88.8 cm³/mol. The molecule has 0 radical (unpaired) electrons. The van der Waals surface area contributed by atoms with Crippen LogP contribution < -0.4 is 15.0 Å². The Morgan fingerprint density at radius 2 is 2.09 bits per heavy atom. The minimum Gasteiger partial charge on any atom is -0.496 e. The molecule has 1 aliphatic heterocycles. The van der Waals surface area contributed by atoms with Crippen LogP contribution in [0.25, 0.3) is 0 Å². The summed E-state index contributed by atoms with van der Waals surface area (Å²) in [6, 6.07) is 7.62. The molecule has 22 heavy (non-hydrogen) atoms. The molecule has 3 rings (SSSR count). The van der Waals surface area contributed by atoms with Crippen molar-refractivity contribution in [3.8, 4) is 5.75 Å². The number of nitrogens with one attached hydrogen (secondary N) is 1. The number of halogens is 1. The minimum atomic E-state index is 0.555. The second-order valence-corrected chi connectivity index (χ2v) is 5.64. The van der Waals surface area contributed by atoms with Crippen molar-refractivity contribution in [3.05, 3.63) is 41.2 Å². The standard InChI is InChI=1S/C16H19ClN4O/c1-22-14-6-4-5-13(17)12(14)10-18-15-9-16(20-11-19-15)21-7-2-3-8-21/h4-6,9,11H,2-3,7-8,10H2,1H3,(H,18,19,20). The van der Waals surface area contributed by atoms with Crippen molar-refractivity contribution in [2.24, 2.45) is 0 Å². The Balaban J connectivity index is 1.73. The first-order valence-corrected chi connectivity index (χ1v) is 7.78. The first kappa shape index (κ1) is 14.9. The maximum atomic E-state index is 6.25. The van der Waals surface area contributed by atoms with E-state index in [1.54, 1.807) is 13.4 Å². The van der Waals surface area contributed by atoms with Gasteiger partial charge in [0.2, 0.25) is 0 Å². The molecular weight excluding hydrogens is 300 g/mol. The average Bonchev–Trinajstić information content (AvgIpc) is 3.08. The molecule has 0 amide bonds. The van der Waals surface area contributed by atoms with Crippen LogP contribution in [0, 0.1) is 0 Å². The van der Waals surface area contributed by atoms with Crippen LogP contribution in [0.3, 0.4) is 0 Å². The van der Waals surface area contributed by atoms with Crippen molar-refractivity contribution in [1.29, 1.82) is 0 Å². The summed E-state index contributed by atoms with van der Waals surface area (Å²) in [7, 11) is 1.64. The van der Waals surface area contributed by atoms with E-state index in [-0.39, 0.29) is 0 Å². The van der Waals surface area contributed by atoms with Gasteiger partial charge in [-0.3, -0.25) is 0 Å². The lowest BCUT2D eigenvalue weighted by Crippen LogP contribution is -2.19. The van der Waals surface area contributed by atoms with E-state index >= 15 is 0 Å². The van der Waals surface area contributed by atoms with E-state index in [1.165, 1.54) is 12.8 Å². The molecule has 0 atom stereocenters. The Morgan fingerprint density at radius 3 is 2.86 bits per heavy atom. The number of anilines is 2. The minimum absolute atomic E-state index is 0.555. The molecule has 0 aliphatic carbocycles. The molecule has 1 aromatic carbocycles. The number of ether oxygens (including phenoxy) is 1. The monoisotopic (exact) mass is 318 g/mol. The summed E-state index contributed by atoms with van der Waals surface area (Å²) < 4.78 is 5.35. The molecule has 2 heterocycles. The Morgan fingerprint density at radius 1 is 1.27 bits per heavy atom. The molecule has 0 saturated carbocycles. The summed E-state index contributed by atoms with van der Waals surface area (Å²) in [5, 5.41) is 3.98. The first-order valence-electron chi connectivity index (χ1n) is 7.40. The summed E-state index contributed by atoms with van der Waals surface area (Å²) in [5.41, 5.74) is 0.924. The van der Waals surface area contributed by atoms with Crippen LogP contribution in [0.1, 0.15) is 18.4 Å². The number of benzene rings is 1. The highest BCUT2D eigenvalue weighted by Crippen LogP contribution is 2.27. The number of hydrogen-bond donors (Lipinski definition) is 1. The topological polar surface area (TPSA) is 50.3 Å². The molecule has 0 unspecified atom stereocenters. The van der Waals surface area contributed by atoms with Gasteiger partial charge >= 0.3 is 0 Å². The molecule has 1 aliphatic rings. The van der Waals surface area contributed by atoms with Gasteiger partial charge in [-0.2, -0.15) is 0 Å². The Bertz CT molecular complexity index is 644. The van der Waals surface area contributed by atoms with E-state index in [2.05, 4.69) is 20.2 Å². The van der Waals surface area contributed by atoms with Gasteiger partial charge in [-0.1, -0.05) is 17.7 Å². The summed E-state index contributed by atoms with van der Waals surface area (Å²) in [4.78, 5) is 10.9. The Hall–Kier alpha value is -2.01. The lowest BCUT2D eigenvalue weighted by Gasteiger charge is -2.17. The normalized spacial score (nSPS) is 14.2. The van der Waals surface area contributed by atoms with Gasteiger partial charge in [0, 0.05) is 36.3 Å². The third-order valence-corrected chi connectivity index (χ3v) is 4.18. The van der Waals surface area contributed by atoms with Crippen LogP contribution in [-0.4, -0.2) is 30.2 Å². The molecule has 1 saturated heterocycles. The smallest absolute Gasteiger partial charge is 0.134 e. The van der Waals surface area contributed by atoms with Crippen LogP contribution in [0.5, 0.6) is 5.75 Å². The van der Waals surface area contributed by atoms with Crippen LogP contribution in [0.2, 0.25) is 5.02 Å². The number of hydrogen-bond acceptors (Lipinski definition) is 5. The van der Waals surface area contributed by atoms with Crippen LogP contribution >= 0.6 is 11.6 Å². The van der Waals surface area contributed by atoms with Crippen LogP contribution in [0.4, 0.5) is 11.6 Å². The van der Waals surface area contributed by atoms with E-state index in [0.29, 0.717) is 11.6 Å². The SMILES string of the molecule is COc1cccc(Cl)c1CNc1cc(N2CCCC2)ncn1. The van der Waals surface area contributed by atoms with Gasteiger partial charge in [-0.05, 0) is 25.0 Å². The average molecular weight is 319 g/mol. The molecule has 6 heteroatoms. The molecule has 1 fully saturated rings. The number of nitrogens with zero attached hydrogens (tertiary/aromatic N) is 3. The van der Waals surface area contributed by atoms with Crippen molar-refractivity contribution in [1.82, 2.24) is 9.97 Å². The first-order chi connectivity index (χ1) is 10.8. The van der Waals surface area contributed by atoms with Crippen LogP contribution in [0.15, 0.2) is 30.6 Å². The van der Waals surface area contributed by atoms with Crippen molar-refractivity contribution in [2.75, 3.05) is 30.4 Å². The predicted octanol–water partition coefficient (Wildman–Crippen LogP) is 3.35. The van der Waals surface area contributed by atoms with Crippen LogP contribution in [-0.2, 0) is 6.54 Å². The highest BCUT2D eigenvalue weighted by Gasteiger charge is 2.14. The summed E-state index contributed by atoms with van der Waals surface area (Å²) >= 11 is 6.25. The van der Waals surface area contributed by atoms with Crippen molar-refractivity contribution >= 4 is 23.2 Å². The summed E-state index contributed by atoms with van der Waals surface area (Å²) in [6.07, 6.45) is 4.05. The molecule has 5 nitrogen and oxygen atoms in total. The molecule has 2 aromatic rings. The van der Waals surface area contributed by atoms with Gasteiger partial charge in [0.05, 0.1) is 7.11 Å². The second-order valence-electron chi connectivity index (χ2n) is 5.23. The fourth-order valence-corrected chi connectivity index (χ4v) is 2.88. The second kappa shape index (κ2) is 6.83. The number of methoxy groups -OCH3 is 1. The van der Waals surface area contributed by atoms with E-state index in [0.717, 1.165) is 36.0 Å². The highest BCUT2D eigenvalue weighted by atomic mass is 35.5. The third-order valence-electron chi connectivity index (χ3n) is 3.82. The van der Waals surface area contributed by atoms with Gasteiger partial charge in [0.1, 0.15) is 23.7 Å². The summed E-state index contributed by atoms with van der Waals surface area (Å²) in [5.74, 6) is 2.54. The molecule has 116 valence electrons. The molecule has 1 N–H and O–H groups in total. The van der Waals surface area contributed by atoms with Gasteiger partial charge in [-0.25, -0.2) is 9.97 Å². The largest absolute Gasteiger partial charge is 0.496 e. The van der Waals surface area contributed by atoms with Crippen molar-refractivity contribution in [3.63, 3.8) is 0 Å². The Kier molecular flexibility index (Phi) is 4.63. The molecule has 1 aromatic heterocycles. The lowest BCUT2D eigenvalue weighted by atomic mass is 10.2. The molecule has 0 spiro atoms. The van der Waals surface area contributed by atoms with E-state index in [1.807, 2.05) is 24.3 Å². The van der Waals surface area contributed by atoms with Gasteiger partial charge < -0.3 is 15.0 Å².